The van der Waals surface area contributed by atoms with Crippen LogP contribution in [0.2, 0.25) is 0 Å². The van der Waals surface area contributed by atoms with Gasteiger partial charge in [-0.25, -0.2) is 4.79 Å². The van der Waals surface area contributed by atoms with Crippen LogP contribution >= 0.6 is 0 Å². The van der Waals surface area contributed by atoms with Crippen LogP contribution in [-0.2, 0) is 4.79 Å². The third-order valence-corrected chi connectivity index (χ3v) is 3.03. The van der Waals surface area contributed by atoms with E-state index in [1.54, 1.807) is 38.2 Å². The van der Waals surface area contributed by atoms with Crippen LogP contribution in [0.25, 0.3) is 0 Å². The van der Waals surface area contributed by atoms with Gasteiger partial charge in [-0.1, -0.05) is 6.92 Å². The van der Waals surface area contributed by atoms with Gasteiger partial charge in [-0.3, -0.25) is 9.69 Å². The monoisotopic (exact) mass is 275 g/mol. The maximum Gasteiger partial charge on any atom is 0.321 e. The molecular weight excluding hydrogens is 258 g/mol. The summed E-state index contributed by atoms with van der Waals surface area (Å²) in [6.45, 7) is 1.85. The highest BCUT2D eigenvalue weighted by molar-refractivity contribution is 5.91. The van der Waals surface area contributed by atoms with Gasteiger partial charge >= 0.3 is 12.0 Å². The summed E-state index contributed by atoms with van der Waals surface area (Å²) >= 11 is 0. The quantitative estimate of drug-likeness (QED) is 0.857. The first kappa shape index (κ1) is 15.5. The first-order chi connectivity index (χ1) is 9.49. The van der Waals surface area contributed by atoms with E-state index in [1.807, 2.05) is 6.07 Å². The molecule has 0 bridgehead atoms. The van der Waals surface area contributed by atoms with Crippen molar-refractivity contribution in [2.24, 2.45) is 5.92 Å². The molecule has 0 saturated heterocycles. The number of anilines is 1. The number of carboxylic acids is 1. The molecule has 0 heterocycles. The largest absolute Gasteiger partial charge is 0.481 e. The van der Waals surface area contributed by atoms with Gasteiger partial charge in [0, 0.05) is 19.3 Å². The Morgan fingerprint density at radius 3 is 2.45 bits per heavy atom. The lowest BCUT2D eigenvalue weighted by molar-refractivity contribution is -0.141. The van der Waals surface area contributed by atoms with Crippen molar-refractivity contribution in [1.82, 2.24) is 5.32 Å². The Morgan fingerprint density at radius 2 is 2.00 bits per heavy atom. The zero-order valence-corrected chi connectivity index (χ0v) is 11.5. The summed E-state index contributed by atoms with van der Waals surface area (Å²) in [5, 5.41) is 20.2. The van der Waals surface area contributed by atoms with Gasteiger partial charge in [0.1, 0.15) is 0 Å². The number of carboxylic acid groups (broad SMARTS) is 1. The third kappa shape index (κ3) is 3.99. The van der Waals surface area contributed by atoms with Gasteiger partial charge in [-0.2, -0.15) is 5.26 Å². The Bertz CT molecular complexity index is 519. The topological polar surface area (TPSA) is 93.4 Å². The minimum Gasteiger partial charge on any atom is -0.481 e. The molecule has 6 heteroatoms. The van der Waals surface area contributed by atoms with Crippen LogP contribution in [0.4, 0.5) is 10.5 Å². The molecule has 0 aliphatic carbocycles. The van der Waals surface area contributed by atoms with Crippen LogP contribution in [-0.4, -0.2) is 30.7 Å². The second-order valence-electron chi connectivity index (χ2n) is 4.35. The Labute approximate surface area is 117 Å². The molecule has 1 aromatic carbocycles. The standard InChI is InChI=1S/C14H17N3O3/c1-3-11(13(18)19)9-16-14(20)17(2)12-6-4-10(8-15)5-7-12/h4-7,11H,3,9H2,1-2H3,(H,16,20)(H,18,19). The normalized spacial score (nSPS) is 11.2. The minimum absolute atomic E-state index is 0.0886. The Morgan fingerprint density at radius 1 is 1.40 bits per heavy atom. The van der Waals surface area contributed by atoms with E-state index in [4.69, 9.17) is 10.4 Å². The van der Waals surface area contributed by atoms with Crippen molar-refractivity contribution in [1.29, 1.82) is 5.26 Å². The summed E-state index contributed by atoms with van der Waals surface area (Å²) in [7, 11) is 1.58. The molecular formula is C14H17N3O3. The van der Waals surface area contributed by atoms with E-state index in [-0.39, 0.29) is 12.6 Å². The smallest absolute Gasteiger partial charge is 0.321 e. The number of aliphatic carboxylic acids is 1. The lowest BCUT2D eigenvalue weighted by Crippen LogP contribution is -2.41. The molecule has 0 radical (unpaired) electrons. The first-order valence-electron chi connectivity index (χ1n) is 6.24. The molecule has 0 aliphatic rings. The van der Waals surface area contributed by atoms with Crippen LogP contribution in [0.5, 0.6) is 0 Å². The highest BCUT2D eigenvalue weighted by atomic mass is 16.4. The average molecular weight is 275 g/mol. The molecule has 0 fully saturated rings. The Balaban J connectivity index is 2.62. The van der Waals surface area contributed by atoms with Crippen LogP contribution in [0.1, 0.15) is 18.9 Å². The van der Waals surface area contributed by atoms with Gasteiger partial charge in [0.25, 0.3) is 0 Å². The summed E-state index contributed by atoms with van der Waals surface area (Å²) in [4.78, 5) is 24.1. The van der Waals surface area contributed by atoms with Gasteiger partial charge in [-0.05, 0) is 30.7 Å². The number of hydrogen-bond donors (Lipinski definition) is 2. The summed E-state index contributed by atoms with van der Waals surface area (Å²) in [6.07, 6.45) is 0.455. The predicted molar refractivity (Wildman–Crippen MR) is 74.4 cm³/mol. The first-order valence-corrected chi connectivity index (χ1v) is 6.24. The highest BCUT2D eigenvalue weighted by Crippen LogP contribution is 2.13. The van der Waals surface area contributed by atoms with E-state index in [1.165, 1.54) is 4.90 Å². The molecule has 1 unspecified atom stereocenters. The molecule has 1 atom stereocenters. The van der Waals surface area contributed by atoms with Gasteiger partial charge < -0.3 is 10.4 Å². The fourth-order valence-corrected chi connectivity index (χ4v) is 1.61. The fourth-order valence-electron chi connectivity index (χ4n) is 1.61. The number of rotatable bonds is 5. The van der Waals surface area contributed by atoms with Crippen molar-refractivity contribution in [3.05, 3.63) is 29.8 Å². The Kier molecular flexibility index (Phi) is 5.54. The highest BCUT2D eigenvalue weighted by Gasteiger charge is 2.17. The number of carbonyl (C=O) groups is 2. The summed E-state index contributed by atoms with van der Waals surface area (Å²) < 4.78 is 0. The number of nitrogens with zero attached hydrogens (tertiary/aromatic N) is 2. The molecule has 20 heavy (non-hydrogen) atoms. The molecule has 106 valence electrons. The molecule has 1 rings (SSSR count). The second kappa shape index (κ2) is 7.14. The lowest BCUT2D eigenvalue weighted by atomic mass is 10.1. The molecule has 0 spiro atoms. The average Bonchev–Trinajstić information content (AvgIpc) is 2.46. The van der Waals surface area contributed by atoms with Crippen molar-refractivity contribution in [2.45, 2.75) is 13.3 Å². The number of urea groups is 1. The number of amides is 2. The zero-order valence-electron chi connectivity index (χ0n) is 11.5. The van der Waals surface area contributed by atoms with Crippen molar-refractivity contribution >= 4 is 17.7 Å². The van der Waals surface area contributed by atoms with E-state index in [9.17, 15) is 9.59 Å². The minimum atomic E-state index is -0.922. The third-order valence-electron chi connectivity index (χ3n) is 3.03. The van der Waals surface area contributed by atoms with Gasteiger partial charge in [0.2, 0.25) is 0 Å². The molecule has 0 saturated carbocycles. The molecule has 1 aromatic rings. The summed E-state index contributed by atoms with van der Waals surface area (Å²) in [6, 6.07) is 8.17. The van der Waals surface area contributed by atoms with Gasteiger partial charge in [0.15, 0.2) is 0 Å². The van der Waals surface area contributed by atoms with E-state index < -0.39 is 11.9 Å². The number of nitriles is 1. The lowest BCUT2D eigenvalue weighted by Gasteiger charge is -2.19. The van der Waals surface area contributed by atoms with E-state index in [0.717, 1.165) is 0 Å². The summed E-state index contributed by atoms with van der Waals surface area (Å²) in [5.74, 6) is -1.51. The van der Waals surface area contributed by atoms with Crippen LogP contribution in [0.15, 0.2) is 24.3 Å². The SMILES string of the molecule is CCC(CNC(=O)N(C)c1ccc(C#N)cc1)C(=O)O. The molecule has 2 N–H and O–H groups in total. The van der Waals surface area contributed by atoms with Crippen molar-refractivity contribution in [2.75, 3.05) is 18.5 Å². The van der Waals surface area contributed by atoms with E-state index in [0.29, 0.717) is 17.7 Å². The number of hydrogen-bond acceptors (Lipinski definition) is 3. The van der Waals surface area contributed by atoms with Crippen molar-refractivity contribution in [3.8, 4) is 6.07 Å². The molecule has 0 aliphatic heterocycles. The van der Waals surface area contributed by atoms with Crippen molar-refractivity contribution < 1.29 is 14.7 Å². The maximum absolute atomic E-state index is 11.9. The number of benzene rings is 1. The van der Waals surface area contributed by atoms with Crippen LogP contribution < -0.4 is 10.2 Å². The predicted octanol–water partition coefficient (Wildman–Crippen LogP) is 1.81. The maximum atomic E-state index is 11.9. The van der Waals surface area contributed by atoms with Gasteiger partial charge in [0.05, 0.1) is 17.6 Å². The van der Waals surface area contributed by atoms with Crippen molar-refractivity contribution in [3.63, 3.8) is 0 Å². The Hall–Kier alpha value is -2.55. The number of nitrogens with one attached hydrogen (secondary N) is 1. The fraction of sp³-hybridized carbons (Fsp3) is 0.357. The van der Waals surface area contributed by atoms with Crippen LogP contribution in [0.3, 0.4) is 0 Å². The van der Waals surface area contributed by atoms with E-state index >= 15 is 0 Å². The molecule has 6 nitrogen and oxygen atoms in total. The molecule has 2 amide bonds. The van der Waals surface area contributed by atoms with E-state index in [2.05, 4.69) is 5.32 Å². The second-order valence-corrected chi connectivity index (χ2v) is 4.35. The summed E-state index contributed by atoms with van der Waals surface area (Å²) in [5.41, 5.74) is 1.14. The van der Waals surface area contributed by atoms with Gasteiger partial charge in [-0.15, -0.1) is 0 Å². The zero-order chi connectivity index (χ0) is 15.1. The number of carbonyl (C=O) groups excluding carboxylic acids is 1. The van der Waals surface area contributed by atoms with Crippen LogP contribution in [0, 0.1) is 17.2 Å². The molecule has 0 aromatic heterocycles.